The maximum atomic E-state index is 12.6. The first-order chi connectivity index (χ1) is 16.4. The van der Waals surface area contributed by atoms with Crippen LogP contribution in [0.2, 0.25) is 0 Å². The molecule has 4 nitrogen and oxygen atoms in total. The Morgan fingerprint density at radius 2 is 1.68 bits per heavy atom. The average molecular weight is 457 g/mol. The van der Waals surface area contributed by atoms with Crippen molar-refractivity contribution in [1.29, 1.82) is 0 Å². The van der Waals surface area contributed by atoms with Crippen molar-refractivity contribution in [1.82, 2.24) is 9.88 Å². The Morgan fingerprint density at radius 1 is 1.03 bits per heavy atom. The fourth-order valence-corrected chi connectivity index (χ4v) is 4.51. The number of nitrogens with zero attached hydrogens (tertiary/aromatic N) is 2. The molecule has 2 aromatic carbocycles. The first-order valence-corrected chi connectivity index (χ1v) is 11.8. The van der Waals surface area contributed by atoms with Gasteiger partial charge in [0, 0.05) is 29.8 Å². The minimum atomic E-state index is -1.18. The summed E-state index contributed by atoms with van der Waals surface area (Å²) >= 11 is 0. The summed E-state index contributed by atoms with van der Waals surface area (Å²) in [5.74, 6) is 0.134. The average Bonchev–Trinajstić information content (AvgIpc) is 2.87. The molecule has 0 fully saturated rings. The Labute approximate surface area is 204 Å². The second-order valence-corrected chi connectivity index (χ2v) is 8.75. The van der Waals surface area contributed by atoms with Crippen molar-refractivity contribution in [3.8, 4) is 17.0 Å². The van der Waals surface area contributed by atoms with Gasteiger partial charge in [-0.3, -0.25) is 0 Å². The summed E-state index contributed by atoms with van der Waals surface area (Å²) in [6.45, 7) is 4.68. The first kappa shape index (κ1) is 25.4. The number of hydrogen-bond acceptors (Lipinski definition) is 4. The summed E-state index contributed by atoms with van der Waals surface area (Å²) in [7, 11) is 5.69. The van der Waals surface area contributed by atoms with Gasteiger partial charge in [0.25, 0.3) is 0 Å². The fourth-order valence-electron chi connectivity index (χ4n) is 4.51. The topological polar surface area (TPSA) is 45.6 Å². The van der Waals surface area contributed by atoms with Crippen molar-refractivity contribution in [3.05, 3.63) is 108 Å². The molecule has 1 aromatic heterocycles. The summed E-state index contributed by atoms with van der Waals surface area (Å²) in [6, 6.07) is 22.5. The van der Waals surface area contributed by atoms with Crippen molar-refractivity contribution in [2.75, 3.05) is 27.7 Å². The zero-order valence-electron chi connectivity index (χ0n) is 20.9. The molecule has 0 aliphatic rings. The number of pyridine rings is 1. The van der Waals surface area contributed by atoms with Gasteiger partial charge in [-0.05, 0) is 57.1 Å². The molecule has 0 aliphatic heterocycles. The van der Waals surface area contributed by atoms with Crippen molar-refractivity contribution in [2.45, 2.75) is 31.8 Å². The van der Waals surface area contributed by atoms with Crippen molar-refractivity contribution in [3.63, 3.8) is 0 Å². The third-order valence-corrected chi connectivity index (χ3v) is 6.20. The van der Waals surface area contributed by atoms with Crippen molar-refractivity contribution >= 4 is 0 Å². The molecule has 0 radical (unpaired) electrons. The van der Waals surface area contributed by atoms with Gasteiger partial charge in [-0.15, -0.1) is 0 Å². The molecule has 0 amide bonds. The molecule has 2 unspecified atom stereocenters. The third kappa shape index (κ3) is 5.64. The molecule has 1 heterocycles. The highest BCUT2D eigenvalue weighted by molar-refractivity contribution is 5.65. The Morgan fingerprint density at radius 3 is 2.24 bits per heavy atom. The van der Waals surface area contributed by atoms with E-state index in [1.807, 2.05) is 88.8 Å². The second-order valence-electron chi connectivity index (χ2n) is 8.75. The molecule has 3 rings (SSSR count). The van der Waals surface area contributed by atoms with Gasteiger partial charge in [0.2, 0.25) is 5.88 Å². The smallest absolute Gasteiger partial charge is 0.217 e. The van der Waals surface area contributed by atoms with E-state index >= 15 is 0 Å². The summed E-state index contributed by atoms with van der Waals surface area (Å²) in [5, 5.41) is 12.6. The van der Waals surface area contributed by atoms with E-state index in [0.717, 1.165) is 34.4 Å². The van der Waals surface area contributed by atoms with Crippen LogP contribution in [-0.4, -0.2) is 48.3 Å². The molecule has 178 valence electrons. The number of allylic oxidation sites excluding steroid dienone is 2. The molecule has 34 heavy (non-hydrogen) atoms. The van der Waals surface area contributed by atoms with Crippen LogP contribution in [0.4, 0.5) is 0 Å². The maximum Gasteiger partial charge on any atom is 0.217 e. The number of aliphatic hydroxyl groups is 1. The van der Waals surface area contributed by atoms with E-state index in [9.17, 15) is 5.11 Å². The molecule has 1 N–H and O–H groups in total. The molecular weight excluding hydrogens is 420 g/mol. The summed E-state index contributed by atoms with van der Waals surface area (Å²) in [4.78, 5) is 6.78. The molecule has 4 heteroatoms. The molecule has 2 atom stereocenters. The predicted molar refractivity (Wildman–Crippen MR) is 141 cm³/mol. The number of ether oxygens (including phenoxy) is 1. The lowest BCUT2D eigenvalue weighted by molar-refractivity contribution is 0.0472. The van der Waals surface area contributed by atoms with Crippen LogP contribution in [0.15, 0.2) is 96.7 Å². The van der Waals surface area contributed by atoms with E-state index in [1.165, 1.54) is 0 Å². The minimum absolute atomic E-state index is 0.387. The van der Waals surface area contributed by atoms with Crippen LogP contribution in [0.1, 0.15) is 37.3 Å². The van der Waals surface area contributed by atoms with Crippen LogP contribution >= 0.6 is 0 Å². The summed E-state index contributed by atoms with van der Waals surface area (Å²) < 4.78 is 5.76. The number of aromatic nitrogens is 1. The molecule has 0 aliphatic carbocycles. The van der Waals surface area contributed by atoms with Gasteiger partial charge < -0.3 is 14.7 Å². The van der Waals surface area contributed by atoms with Crippen LogP contribution in [0.25, 0.3) is 11.1 Å². The standard InChI is InChI=1S/C30H36N2O2/c1-6-14-26(7-2)30(33,19-20-32(3)4)28(24-17-12-9-13-18-24)27-21-25(22-31-29(27)34-5)23-15-10-8-11-16-23/h6-18,21-22,28,33H,19-20H2,1-5H3/b14-6-,26-7+. The van der Waals surface area contributed by atoms with Crippen LogP contribution < -0.4 is 4.74 Å². The van der Waals surface area contributed by atoms with E-state index in [4.69, 9.17) is 4.74 Å². The third-order valence-electron chi connectivity index (χ3n) is 6.20. The van der Waals surface area contributed by atoms with E-state index < -0.39 is 5.60 Å². The molecular formula is C30H36N2O2. The zero-order chi connectivity index (χ0) is 24.6. The molecule has 3 aromatic rings. The maximum absolute atomic E-state index is 12.6. The quantitative estimate of drug-likeness (QED) is 0.375. The summed E-state index contributed by atoms with van der Waals surface area (Å²) in [5.41, 5.74) is 3.62. The lowest BCUT2D eigenvalue weighted by Gasteiger charge is -2.39. The molecule has 0 bridgehead atoms. The minimum Gasteiger partial charge on any atom is -0.481 e. The summed E-state index contributed by atoms with van der Waals surface area (Å²) in [6.07, 6.45) is 8.37. The number of rotatable bonds is 10. The highest BCUT2D eigenvalue weighted by Gasteiger charge is 2.42. The Hall–Kier alpha value is -3.21. The van der Waals surface area contributed by atoms with Crippen LogP contribution in [0.3, 0.4) is 0 Å². The van der Waals surface area contributed by atoms with Crippen molar-refractivity contribution < 1.29 is 9.84 Å². The van der Waals surface area contributed by atoms with Crippen LogP contribution in [0, 0.1) is 0 Å². The van der Waals surface area contributed by atoms with Gasteiger partial charge in [0.05, 0.1) is 7.11 Å². The Balaban J connectivity index is 2.31. The SMILES string of the molecule is C/C=C\C(=C/C)C(O)(CCN(C)C)C(c1ccccc1)c1cc(-c2ccccc2)cnc1OC. The monoisotopic (exact) mass is 456 g/mol. The zero-order valence-corrected chi connectivity index (χ0v) is 20.9. The Kier molecular flexibility index (Phi) is 8.80. The first-order valence-electron chi connectivity index (χ1n) is 11.8. The van der Waals surface area contributed by atoms with E-state index in [-0.39, 0.29) is 5.92 Å². The number of benzene rings is 2. The van der Waals surface area contributed by atoms with Crippen molar-refractivity contribution in [2.24, 2.45) is 0 Å². The Bertz CT molecular complexity index is 1110. The van der Waals surface area contributed by atoms with Gasteiger partial charge in [-0.1, -0.05) is 78.9 Å². The molecule has 0 saturated heterocycles. The molecule has 0 saturated carbocycles. The van der Waals surface area contributed by atoms with Crippen LogP contribution in [0.5, 0.6) is 5.88 Å². The van der Waals surface area contributed by atoms with E-state index in [2.05, 4.69) is 40.2 Å². The predicted octanol–water partition coefficient (Wildman–Crippen LogP) is 6.09. The lowest BCUT2D eigenvalue weighted by Crippen LogP contribution is -2.41. The van der Waals surface area contributed by atoms with Gasteiger partial charge in [0.1, 0.15) is 5.60 Å². The largest absolute Gasteiger partial charge is 0.481 e. The highest BCUT2D eigenvalue weighted by Crippen LogP contribution is 2.45. The normalized spacial score (nSPS) is 14.9. The van der Waals surface area contributed by atoms with Crippen LogP contribution in [-0.2, 0) is 0 Å². The van der Waals surface area contributed by atoms with Gasteiger partial charge in [-0.25, -0.2) is 4.98 Å². The van der Waals surface area contributed by atoms with Gasteiger partial charge >= 0.3 is 0 Å². The van der Waals surface area contributed by atoms with E-state index in [0.29, 0.717) is 12.3 Å². The highest BCUT2D eigenvalue weighted by atomic mass is 16.5. The number of methoxy groups -OCH3 is 1. The van der Waals surface area contributed by atoms with Gasteiger partial charge in [0.15, 0.2) is 0 Å². The number of hydrogen-bond donors (Lipinski definition) is 1. The molecule has 0 spiro atoms. The van der Waals surface area contributed by atoms with Gasteiger partial charge in [-0.2, -0.15) is 0 Å². The fraction of sp³-hybridized carbons (Fsp3) is 0.300. The lowest BCUT2D eigenvalue weighted by atomic mass is 9.71. The second kappa shape index (κ2) is 11.8. The van der Waals surface area contributed by atoms with E-state index in [1.54, 1.807) is 7.11 Å².